The first-order valence-electron chi connectivity index (χ1n) is 2.91. The van der Waals surface area contributed by atoms with Gasteiger partial charge in [-0.2, -0.15) is 0 Å². The van der Waals surface area contributed by atoms with Gasteiger partial charge in [-0.3, -0.25) is 0 Å². The van der Waals surface area contributed by atoms with Gasteiger partial charge in [0, 0.05) is 7.05 Å². The zero-order valence-corrected chi connectivity index (χ0v) is 6.51. The minimum Gasteiger partial charge on any atom is -0.447 e. The summed E-state index contributed by atoms with van der Waals surface area (Å²) in [5.41, 5.74) is 0. The third kappa shape index (κ3) is 1.35. The van der Waals surface area contributed by atoms with E-state index in [4.69, 9.17) is 4.74 Å². The number of cyclic esters (lactones) is 1. The van der Waals surface area contributed by atoms with Crippen LogP contribution in [0.2, 0.25) is 0 Å². The molecule has 58 valence electrons. The first-order chi connectivity index (χ1) is 4.75. The summed E-state index contributed by atoms with van der Waals surface area (Å²) in [4.78, 5) is 12.2. The Morgan fingerprint density at radius 2 is 2.70 bits per heavy atom. The fourth-order valence-corrected chi connectivity index (χ4v) is 0.948. The van der Waals surface area contributed by atoms with Crippen LogP contribution in [0.3, 0.4) is 0 Å². The highest BCUT2D eigenvalue weighted by atomic mass is 32.1. The lowest BCUT2D eigenvalue weighted by Crippen LogP contribution is -2.32. The smallest absolute Gasteiger partial charge is 0.410 e. The first kappa shape index (κ1) is 7.68. The lowest BCUT2D eigenvalue weighted by Gasteiger charge is -2.13. The molecule has 1 rings (SSSR count). The normalized spacial score (nSPS) is 25.2. The molecule has 1 fully saturated rings. The van der Waals surface area contributed by atoms with E-state index in [-0.39, 0.29) is 12.1 Å². The molecule has 0 aromatic heterocycles. The quantitative estimate of drug-likeness (QED) is 0.470. The number of ether oxygens (including phenoxy) is 1. The van der Waals surface area contributed by atoms with E-state index in [0.717, 1.165) is 0 Å². The number of thiol groups is 1. The molecular weight excluding hydrogens is 154 g/mol. The van der Waals surface area contributed by atoms with Crippen molar-refractivity contribution in [2.45, 2.75) is 6.04 Å². The predicted octanol–water partition coefficient (Wildman–Crippen LogP) is 0.298. The van der Waals surface area contributed by atoms with Crippen molar-refractivity contribution in [3.05, 3.63) is 0 Å². The molecule has 0 saturated carbocycles. The molecule has 1 aliphatic heterocycles. The Morgan fingerprint density at radius 3 is 3.10 bits per heavy atom. The Hall–Kier alpha value is -0.420. The standard InChI is InChI=1S/C5H9NO3S/c1-6-4(3-9-10)2-8-5(6)7/h4,10H,2-3H2,1H3. The van der Waals surface area contributed by atoms with Gasteiger partial charge in [0.25, 0.3) is 0 Å². The first-order valence-corrected chi connectivity index (χ1v) is 3.28. The fourth-order valence-electron chi connectivity index (χ4n) is 0.776. The molecule has 0 N–H and O–H groups in total. The SMILES string of the molecule is CN1C(=O)OCC1COS. The monoisotopic (exact) mass is 163 g/mol. The van der Waals surface area contributed by atoms with Crippen LogP contribution in [-0.4, -0.2) is 37.3 Å². The predicted molar refractivity (Wildman–Crippen MR) is 37.8 cm³/mol. The van der Waals surface area contributed by atoms with E-state index in [0.29, 0.717) is 13.2 Å². The average Bonchev–Trinajstić information content (AvgIpc) is 2.20. The van der Waals surface area contributed by atoms with Crippen molar-refractivity contribution in [2.24, 2.45) is 0 Å². The summed E-state index contributed by atoms with van der Waals surface area (Å²) >= 11 is 3.57. The minimum absolute atomic E-state index is 0.0185. The average molecular weight is 163 g/mol. The van der Waals surface area contributed by atoms with Crippen molar-refractivity contribution in [2.75, 3.05) is 20.3 Å². The van der Waals surface area contributed by atoms with E-state index in [9.17, 15) is 4.79 Å². The van der Waals surface area contributed by atoms with Crippen molar-refractivity contribution in [3.8, 4) is 0 Å². The third-order valence-corrected chi connectivity index (χ3v) is 1.65. The van der Waals surface area contributed by atoms with Crippen molar-refractivity contribution in [1.29, 1.82) is 0 Å². The molecule has 0 bridgehead atoms. The second kappa shape index (κ2) is 3.12. The van der Waals surface area contributed by atoms with Gasteiger partial charge in [0.2, 0.25) is 0 Å². The summed E-state index contributed by atoms with van der Waals surface area (Å²) in [7, 11) is 1.67. The molecular formula is C5H9NO3S. The molecule has 1 amide bonds. The van der Waals surface area contributed by atoms with Crippen LogP contribution >= 0.6 is 12.9 Å². The number of amides is 1. The van der Waals surface area contributed by atoms with Gasteiger partial charge in [0.1, 0.15) is 6.61 Å². The van der Waals surface area contributed by atoms with Gasteiger partial charge < -0.3 is 13.8 Å². The van der Waals surface area contributed by atoms with E-state index < -0.39 is 0 Å². The largest absolute Gasteiger partial charge is 0.447 e. The lowest BCUT2D eigenvalue weighted by molar-refractivity contribution is 0.163. The highest BCUT2D eigenvalue weighted by Gasteiger charge is 2.29. The van der Waals surface area contributed by atoms with E-state index >= 15 is 0 Å². The fraction of sp³-hybridized carbons (Fsp3) is 0.800. The summed E-state index contributed by atoms with van der Waals surface area (Å²) in [6.45, 7) is 0.807. The Morgan fingerprint density at radius 1 is 2.00 bits per heavy atom. The number of likely N-dealkylation sites (N-methyl/N-ethyl adjacent to an activating group) is 1. The molecule has 10 heavy (non-hydrogen) atoms. The zero-order valence-electron chi connectivity index (χ0n) is 5.61. The van der Waals surface area contributed by atoms with Crippen molar-refractivity contribution in [1.82, 2.24) is 4.90 Å². The molecule has 5 heteroatoms. The highest BCUT2D eigenvalue weighted by molar-refractivity contribution is 7.75. The van der Waals surface area contributed by atoms with Gasteiger partial charge in [-0.1, -0.05) is 0 Å². The molecule has 1 heterocycles. The maximum absolute atomic E-state index is 10.7. The second-order valence-electron chi connectivity index (χ2n) is 2.14. The van der Waals surface area contributed by atoms with Gasteiger partial charge >= 0.3 is 6.09 Å². The Kier molecular flexibility index (Phi) is 2.39. The Bertz CT molecular complexity index is 141. The number of hydrogen-bond acceptors (Lipinski definition) is 4. The third-order valence-electron chi connectivity index (χ3n) is 1.50. The van der Waals surface area contributed by atoms with Crippen LogP contribution in [0.1, 0.15) is 0 Å². The summed E-state index contributed by atoms with van der Waals surface area (Å²) in [5, 5.41) is 0. The maximum Gasteiger partial charge on any atom is 0.410 e. The van der Waals surface area contributed by atoms with Gasteiger partial charge in [-0.05, 0) is 12.9 Å². The van der Waals surface area contributed by atoms with Gasteiger partial charge in [-0.25, -0.2) is 4.79 Å². The van der Waals surface area contributed by atoms with Crippen LogP contribution in [0.4, 0.5) is 4.79 Å². The Balaban J connectivity index is 2.41. The van der Waals surface area contributed by atoms with Crippen LogP contribution in [0.15, 0.2) is 0 Å². The van der Waals surface area contributed by atoms with Gasteiger partial charge in [-0.15, -0.1) is 0 Å². The summed E-state index contributed by atoms with van der Waals surface area (Å²) in [6, 6.07) is 0.0185. The van der Waals surface area contributed by atoms with Crippen LogP contribution in [-0.2, 0) is 8.92 Å². The molecule has 4 nitrogen and oxygen atoms in total. The van der Waals surface area contributed by atoms with Crippen LogP contribution in [0.25, 0.3) is 0 Å². The molecule has 0 aromatic rings. The summed E-state index contributed by atoms with van der Waals surface area (Å²) in [5.74, 6) is 0. The zero-order chi connectivity index (χ0) is 7.56. The second-order valence-corrected chi connectivity index (χ2v) is 2.40. The van der Waals surface area contributed by atoms with E-state index in [1.807, 2.05) is 0 Å². The van der Waals surface area contributed by atoms with Crippen LogP contribution < -0.4 is 0 Å². The summed E-state index contributed by atoms with van der Waals surface area (Å²) in [6.07, 6.45) is -0.296. The van der Waals surface area contributed by atoms with Crippen LogP contribution in [0.5, 0.6) is 0 Å². The van der Waals surface area contributed by atoms with Gasteiger partial charge in [0.05, 0.1) is 12.6 Å². The molecule has 1 aliphatic rings. The minimum atomic E-state index is -0.296. The molecule has 0 radical (unpaired) electrons. The Labute approximate surface area is 64.7 Å². The van der Waals surface area contributed by atoms with Crippen molar-refractivity contribution in [3.63, 3.8) is 0 Å². The molecule has 1 saturated heterocycles. The maximum atomic E-state index is 10.7. The lowest BCUT2D eigenvalue weighted by atomic mass is 10.3. The molecule has 0 spiro atoms. The van der Waals surface area contributed by atoms with E-state index in [1.54, 1.807) is 7.05 Å². The number of carbonyl (C=O) groups is 1. The van der Waals surface area contributed by atoms with E-state index in [2.05, 4.69) is 17.1 Å². The van der Waals surface area contributed by atoms with E-state index in [1.165, 1.54) is 4.90 Å². The van der Waals surface area contributed by atoms with Gasteiger partial charge in [0.15, 0.2) is 0 Å². The number of carbonyl (C=O) groups excluding carboxylic acids is 1. The van der Waals surface area contributed by atoms with Crippen LogP contribution in [0, 0.1) is 0 Å². The molecule has 0 aromatic carbocycles. The number of nitrogens with zero attached hydrogens (tertiary/aromatic N) is 1. The van der Waals surface area contributed by atoms with Crippen molar-refractivity contribution >= 4 is 19.0 Å². The number of hydrogen-bond donors (Lipinski definition) is 1. The summed E-state index contributed by atoms with van der Waals surface area (Å²) < 4.78 is 9.27. The number of rotatable bonds is 2. The van der Waals surface area contributed by atoms with Crippen molar-refractivity contribution < 1.29 is 13.7 Å². The molecule has 0 aliphatic carbocycles. The molecule has 1 atom stereocenters. The highest BCUT2D eigenvalue weighted by Crippen LogP contribution is 2.09. The molecule has 1 unspecified atom stereocenters. The topological polar surface area (TPSA) is 38.8 Å².